The van der Waals surface area contributed by atoms with Gasteiger partial charge in [0.25, 0.3) is 0 Å². The van der Waals surface area contributed by atoms with Gasteiger partial charge in [-0.3, -0.25) is 4.57 Å². The first-order valence-corrected chi connectivity index (χ1v) is 7.78. The summed E-state index contributed by atoms with van der Waals surface area (Å²) < 4.78 is 9.75. The maximum Gasteiger partial charge on any atom is 0.420 e. The Morgan fingerprint density at radius 1 is 1.38 bits per heavy atom. The Hall–Kier alpha value is -1.64. The quantitative estimate of drug-likeness (QED) is 0.634. The van der Waals surface area contributed by atoms with Gasteiger partial charge in [-0.05, 0) is 46.7 Å². The summed E-state index contributed by atoms with van der Waals surface area (Å²) in [6.07, 6.45) is 1.52. The molecule has 110 valence electrons. The van der Waals surface area contributed by atoms with Crippen molar-refractivity contribution in [1.29, 1.82) is 0 Å². The average Bonchev–Trinajstić information content (AvgIpc) is 2.95. The second kappa shape index (κ2) is 5.63. The third-order valence-corrected chi connectivity index (χ3v) is 3.83. The fourth-order valence-corrected chi connectivity index (χ4v) is 2.70. The van der Waals surface area contributed by atoms with Crippen molar-refractivity contribution in [2.75, 3.05) is 0 Å². The van der Waals surface area contributed by atoms with E-state index < -0.39 is 0 Å². The lowest BCUT2D eigenvalue weighted by atomic mass is 10.2. The summed E-state index contributed by atoms with van der Waals surface area (Å²) in [6.45, 7) is 5.37. The van der Waals surface area contributed by atoms with Crippen LogP contribution in [-0.2, 0) is 13.1 Å². The van der Waals surface area contributed by atoms with E-state index in [1.807, 2.05) is 22.9 Å². The molecule has 3 rings (SSSR count). The Kier molecular flexibility index (Phi) is 3.83. The molecule has 0 aliphatic rings. The van der Waals surface area contributed by atoms with Crippen molar-refractivity contribution in [1.82, 2.24) is 19.3 Å². The van der Waals surface area contributed by atoms with Crippen molar-refractivity contribution in [2.45, 2.75) is 26.9 Å². The van der Waals surface area contributed by atoms with Crippen molar-refractivity contribution in [3.05, 3.63) is 44.5 Å². The molecule has 0 amide bonds. The zero-order chi connectivity index (χ0) is 15.0. The normalized spacial score (nSPS) is 11.6. The van der Waals surface area contributed by atoms with Crippen molar-refractivity contribution < 1.29 is 4.42 Å². The number of hydrogen-bond donors (Lipinski definition) is 0. The number of halogens is 1. The molecule has 7 heteroatoms. The molecule has 0 saturated heterocycles. The van der Waals surface area contributed by atoms with Crippen molar-refractivity contribution in [2.24, 2.45) is 5.92 Å². The molecule has 1 aromatic carbocycles. The minimum absolute atomic E-state index is 0.360. The van der Waals surface area contributed by atoms with E-state index in [-0.39, 0.29) is 5.76 Å². The summed E-state index contributed by atoms with van der Waals surface area (Å²) in [5.41, 5.74) is 1.38. The smallest absolute Gasteiger partial charge is 0.408 e. The molecule has 0 radical (unpaired) electrons. The van der Waals surface area contributed by atoms with Crippen LogP contribution in [0.2, 0.25) is 0 Å². The average molecular weight is 398 g/mol. The fraction of sp³-hybridized carbons (Fsp3) is 0.357. The van der Waals surface area contributed by atoms with Crippen LogP contribution in [0.4, 0.5) is 0 Å². The SMILES string of the molecule is CC(C)Cn1ncnc1Cn1c(=O)oc2cc(I)ccc21. The highest BCUT2D eigenvalue weighted by atomic mass is 127. The lowest BCUT2D eigenvalue weighted by Crippen LogP contribution is -2.19. The van der Waals surface area contributed by atoms with Crippen molar-refractivity contribution in [3.63, 3.8) is 0 Å². The number of aromatic nitrogens is 4. The minimum Gasteiger partial charge on any atom is -0.408 e. The molecular weight excluding hydrogens is 383 g/mol. The van der Waals surface area contributed by atoms with E-state index >= 15 is 0 Å². The fourth-order valence-electron chi connectivity index (χ4n) is 2.24. The second-order valence-electron chi connectivity index (χ2n) is 5.32. The molecule has 0 aliphatic heterocycles. The molecule has 0 atom stereocenters. The Labute approximate surface area is 134 Å². The molecule has 0 bridgehead atoms. The number of nitrogens with zero attached hydrogens (tertiary/aromatic N) is 4. The van der Waals surface area contributed by atoms with E-state index in [0.717, 1.165) is 21.5 Å². The maximum absolute atomic E-state index is 12.0. The van der Waals surface area contributed by atoms with E-state index in [1.165, 1.54) is 6.33 Å². The van der Waals surface area contributed by atoms with Gasteiger partial charge >= 0.3 is 5.76 Å². The molecule has 21 heavy (non-hydrogen) atoms. The number of benzene rings is 1. The predicted octanol–water partition coefficient (Wildman–Crippen LogP) is 2.49. The van der Waals surface area contributed by atoms with E-state index in [9.17, 15) is 4.79 Å². The van der Waals surface area contributed by atoms with Crippen LogP contribution in [0.1, 0.15) is 19.7 Å². The Morgan fingerprint density at radius 3 is 2.95 bits per heavy atom. The lowest BCUT2D eigenvalue weighted by molar-refractivity contribution is 0.453. The van der Waals surface area contributed by atoms with Crippen LogP contribution in [0, 0.1) is 9.49 Å². The van der Waals surface area contributed by atoms with E-state index in [2.05, 4.69) is 46.5 Å². The lowest BCUT2D eigenvalue weighted by Gasteiger charge is -2.08. The Morgan fingerprint density at radius 2 is 2.19 bits per heavy atom. The van der Waals surface area contributed by atoms with Gasteiger partial charge in [-0.2, -0.15) is 5.10 Å². The van der Waals surface area contributed by atoms with Crippen LogP contribution in [0.3, 0.4) is 0 Å². The largest absolute Gasteiger partial charge is 0.420 e. The zero-order valence-electron chi connectivity index (χ0n) is 11.8. The molecule has 0 unspecified atom stereocenters. The summed E-state index contributed by atoms with van der Waals surface area (Å²) in [6, 6.07) is 5.70. The van der Waals surface area contributed by atoms with Gasteiger partial charge in [-0.25, -0.2) is 14.5 Å². The third kappa shape index (κ3) is 2.87. The first kappa shape index (κ1) is 14.3. The number of hydrogen-bond acceptors (Lipinski definition) is 4. The van der Waals surface area contributed by atoms with Crippen molar-refractivity contribution in [3.8, 4) is 0 Å². The highest BCUT2D eigenvalue weighted by Gasteiger charge is 2.13. The molecule has 0 N–H and O–H groups in total. The van der Waals surface area contributed by atoms with Gasteiger partial charge in [-0.15, -0.1) is 0 Å². The summed E-state index contributed by atoms with van der Waals surface area (Å²) >= 11 is 2.19. The highest BCUT2D eigenvalue weighted by molar-refractivity contribution is 14.1. The maximum atomic E-state index is 12.0. The molecule has 0 fully saturated rings. The van der Waals surface area contributed by atoms with Crippen LogP contribution in [0.15, 0.2) is 33.7 Å². The summed E-state index contributed by atoms with van der Waals surface area (Å²) in [5.74, 6) is 0.850. The van der Waals surface area contributed by atoms with E-state index in [1.54, 1.807) is 4.57 Å². The molecular formula is C14H15IN4O2. The van der Waals surface area contributed by atoms with Gasteiger partial charge in [0.1, 0.15) is 12.2 Å². The van der Waals surface area contributed by atoms with Gasteiger partial charge in [0, 0.05) is 10.1 Å². The first-order valence-electron chi connectivity index (χ1n) is 6.70. The van der Waals surface area contributed by atoms with Crippen LogP contribution >= 0.6 is 22.6 Å². The Balaban J connectivity index is 2.01. The van der Waals surface area contributed by atoms with Gasteiger partial charge in [0.2, 0.25) is 0 Å². The van der Waals surface area contributed by atoms with Gasteiger partial charge in [0.15, 0.2) is 5.58 Å². The van der Waals surface area contributed by atoms with Crippen LogP contribution in [0.25, 0.3) is 11.1 Å². The first-order chi connectivity index (χ1) is 10.0. The van der Waals surface area contributed by atoms with Crippen LogP contribution in [0.5, 0.6) is 0 Å². The van der Waals surface area contributed by atoms with Gasteiger partial charge < -0.3 is 4.42 Å². The highest BCUT2D eigenvalue weighted by Crippen LogP contribution is 2.17. The molecule has 0 saturated carbocycles. The predicted molar refractivity (Wildman–Crippen MR) is 87.2 cm³/mol. The standard InChI is InChI=1S/C14H15IN4O2/c1-9(2)6-19-13(16-8-17-19)7-18-11-4-3-10(15)5-12(11)21-14(18)20/h3-5,8-9H,6-7H2,1-2H3. The van der Waals surface area contributed by atoms with Gasteiger partial charge in [-0.1, -0.05) is 13.8 Å². The topological polar surface area (TPSA) is 65.8 Å². The molecule has 3 aromatic rings. The van der Waals surface area contributed by atoms with Gasteiger partial charge in [0.05, 0.1) is 12.1 Å². The Bertz CT molecular complexity index is 831. The summed E-state index contributed by atoms with van der Waals surface area (Å²) in [5, 5.41) is 4.22. The van der Waals surface area contributed by atoms with E-state index in [0.29, 0.717) is 18.0 Å². The van der Waals surface area contributed by atoms with E-state index in [4.69, 9.17) is 4.42 Å². The van der Waals surface area contributed by atoms with Crippen molar-refractivity contribution >= 4 is 33.7 Å². The monoisotopic (exact) mass is 398 g/mol. The van der Waals surface area contributed by atoms with Crippen LogP contribution in [-0.4, -0.2) is 19.3 Å². The van der Waals surface area contributed by atoms with Crippen LogP contribution < -0.4 is 5.76 Å². The molecule has 2 aromatic heterocycles. The number of fused-ring (bicyclic) bond motifs is 1. The summed E-state index contributed by atoms with van der Waals surface area (Å²) in [7, 11) is 0. The molecule has 6 nitrogen and oxygen atoms in total. The number of oxazole rings is 1. The molecule has 2 heterocycles. The number of rotatable bonds is 4. The third-order valence-electron chi connectivity index (χ3n) is 3.16. The molecule has 0 aliphatic carbocycles. The molecule has 0 spiro atoms. The zero-order valence-corrected chi connectivity index (χ0v) is 13.9. The minimum atomic E-state index is -0.369. The summed E-state index contributed by atoms with van der Waals surface area (Å²) in [4.78, 5) is 16.3. The second-order valence-corrected chi connectivity index (χ2v) is 6.56.